The topological polar surface area (TPSA) is 37.2 Å². The van der Waals surface area contributed by atoms with E-state index < -0.39 is 0 Å². The van der Waals surface area contributed by atoms with Gasteiger partial charge in [-0.25, -0.2) is 4.68 Å². The lowest BCUT2D eigenvalue weighted by Crippen LogP contribution is -2.42. The molecule has 3 fully saturated rings. The Hall–Kier alpha value is -0.590. The lowest BCUT2D eigenvalue weighted by molar-refractivity contribution is 0.140. The van der Waals surface area contributed by atoms with Crippen molar-refractivity contribution in [2.24, 2.45) is 0 Å². The minimum absolute atomic E-state index is 0.314. The molecule has 0 amide bonds. The molecule has 3 saturated heterocycles. The highest BCUT2D eigenvalue weighted by atomic mass is 32.2. The summed E-state index contributed by atoms with van der Waals surface area (Å²) in [4.78, 5) is 5.27. The van der Waals surface area contributed by atoms with Gasteiger partial charge in [0.05, 0.1) is 17.9 Å². The molecule has 0 saturated carbocycles. The van der Waals surface area contributed by atoms with E-state index in [2.05, 4.69) is 56.6 Å². The quantitative estimate of drug-likeness (QED) is 0.835. The van der Waals surface area contributed by atoms with Gasteiger partial charge in [0, 0.05) is 37.0 Å². The Balaban J connectivity index is 1.32. The second kappa shape index (κ2) is 6.96. The molecule has 1 atom stereocenters. The zero-order chi connectivity index (χ0) is 16.6. The van der Waals surface area contributed by atoms with Crippen LogP contribution < -0.4 is 0 Å². The predicted octanol–water partition coefficient (Wildman–Crippen LogP) is 2.79. The second-order valence-corrected chi connectivity index (χ2v) is 9.46. The van der Waals surface area contributed by atoms with Crippen LogP contribution in [0, 0.1) is 0 Å². The minimum Gasteiger partial charge on any atom is -0.299 e. The van der Waals surface area contributed by atoms with Crippen molar-refractivity contribution in [1.29, 1.82) is 0 Å². The average molecular weight is 350 g/mol. The number of hydrogen-bond donors (Lipinski definition) is 0. The number of piperidine rings is 1. The summed E-state index contributed by atoms with van der Waals surface area (Å²) in [6, 6.07) is 1.38. The molecule has 6 heteroatoms. The lowest BCUT2D eigenvalue weighted by atomic mass is 10.0. The van der Waals surface area contributed by atoms with Gasteiger partial charge in [-0.15, -0.1) is 5.10 Å². The van der Waals surface area contributed by atoms with Gasteiger partial charge in [-0.2, -0.15) is 11.8 Å². The molecule has 4 heterocycles. The fourth-order valence-electron chi connectivity index (χ4n) is 4.54. The minimum atomic E-state index is 0.314. The van der Waals surface area contributed by atoms with Gasteiger partial charge < -0.3 is 0 Å². The van der Waals surface area contributed by atoms with Crippen LogP contribution in [0.15, 0.2) is 6.20 Å². The molecule has 0 aliphatic carbocycles. The predicted molar refractivity (Wildman–Crippen MR) is 99.3 cm³/mol. The van der Waals surface area contributed by atoms with Crippen LogP contribution in [-0.2, 0) is 6.54 Å². The summed E-state index contributed by atoms with van der Waals surface area (Å²) in [6.07, 6.45) is 8.63. The first-order valence-electron chi connectivity index (χ1n) is 9.59. The first-order valence-corrected chi connectivity index (χ1v) is 10.7. The van der Waals surface area contributed by atoms with Crippen LogP contribution in [0.4, 0.5) is 0 Å². The van der Waals surface area contributed by atoms with Crippen molar-refractivity contribution < 1.29 is 0 Å². The van der Waals surface area contributed by atoms with E-state index in [9.17, 15) is 0 Å². The Bertz CT molecular complexity index is 543. The second-order valence-electron chi connectivity index (χ2n) is 8.31. The molecule has 4 rings (SSSR count). The van der Waals surface area contributed by atoms with Crippen molar-refractivity contribution in [1.82, 2.24) is 24.8 Å². The Morgan fingerprint density at radius 1 is 1.17 bits per heavy atom. The maximum Gasteiger partial charge on any atom is 0.0967 e. The van der Waals surface area contributed by atoms with E-state index in [4.69, 9.17) is 0 Å². The van der Waals surface area contributed by atoms with Crippen LogP contribution in [0.3, 0.4) is 0 Å². The molecule has 3 aliphatic rings. The molecule has 3 aliphatic heterocycles. The van der Waals surface area contributed by atoms with Crippen molar-refractivity contribution in [2.75, 3.05) is 31.1 Å². The first-order chi connectivity index (χ1) is 11.6. The van der Waals surface area contributed by atoms with Gasteiger partial charge in [-0.1, -0.05) is 5.21 Å². The molecule has 134 valence electrons. The van der Waals surface area contributed by atoms with Gasteiger partial charge in [-0.05, 0) is 58.2 Å². The molecule has 5 nitrogen and oxygen atoms in total. The van der Waals surface area contributed by atoms with Gasteiger partial charge in [-0.3, -0.25) is 9.80 Å². The highest BCUT2D eigenvalue weighted by Gasteiger charge is 2.32. The SMILES string of the molecule is CC1(C)CCCN1Cc1cn(C2CCN(C3CCSC3)CC2)nn1. The molecule has 1 aromatic heterocycles. The van der Waals surface area contributed by atoms with Crippen molar-refractivity contribution in [2.45, 2.75) is 70.1 Å². The van der Waals surface area contributed by atoms with Crippen molar-refractivity contribution in [3.05, 3.63) is 11.9 Å². The van der Waals surface area contributed by atoms with E-state index in [0.717, 1.165) is 18.3 Å². The summed E-state index contributed by atoms with van der Waals surface area (Å²) in [5, 5.41) is 8.94. The normalized spacial score (nSPS) is 29.5. The van der Waals surface area contributed by atoms with Gasteiger partial charge in [0.2, 0.25) is 0 Å². The zero-order valence-corrected chi connectivity index (χ0v) is 16.0. The van der Waals surface area contributed by atoms with E-state index in [1.54, 1.807) is 0 Å². The first kappa shape index (κ1) is 16.9. The standard InChI is InChI=1S/C18H31N5S/c1-18(2)7-3-8-22(18)12-15-13-23(20-19-15)16-4-9-21(10-5-16)17-6-11-24-14-17/h13,16-17H,3-12,14H2,1-2H3. The Labute approximate surface area is 150 Å². The molecule has 1 aromatic rings. The molecule has 0 bridgehead atoms. The summed E-state index contributed by atoms with van der Waals surface area (Å²) >= 11 is 2.12. The summed E-state index contributed by atoms with van der Waals surface area (Å²) < 4.78 is 2.15. The van der Waals surface area contributed by atoms with E-state index >= 15 is 0 Å². The maximum absolute atomic E-state index is 4.47. The Morgan fingerprint density at radius 2 is 2.00 bits per heavy atom. The van der Waals surface area contributed by atoms with Crippen molar-refractivity contribution in [3.63, 3.8) is 0 Å². The Kier molecular flexibility index (Phi) is 4.89. The van der Waals surface area contributed by atoms with Crippen LogP contribution in [0.2, 0.25) is 0 Å². The maximum atomic E-state index is 4.47. The van der Waals surface area contributed by atoms with Crippen LogP contribution in [0.25, 0.3) is 0 Å². The van der Waals surface area contributed by atoms with E-state index in [1.165, 1.54) is 63.2 Å². The summed E-state index contributed by atoms with van der Waals surface area (Å²) in [6.45, 7) is 9.29. The third kappa shape index (κ3) is 3.51. The third-order valence-electron chi connectivity index (χ3n) is 6.28. The smallest absolute Gasteiger partial charge is 0.0967 e. The zero-order valence-electron chi connectivity index (χ0n) is 15.2. The summed E-state index contributed by atoms with van der Waals surface area (Å²) in [5.74, 6) is 2.69. The van der Waals surface area contributed by atoms with Crippen molar-refractivity contribution >= 4 is 11.8 Å². The Morgan fingerprint density at radius 3 is 2.67 bits per heavy atom. The fraction of sp³-hybridized carbons (Fsp3) is 0.889. The molecule has 0 N–H and O–H groups in total. The lowest BCUT2D eigenvalue weighted by Gasteiger charge is -2.35. The van der Waals surface area contributed by atoms with E-state index in [-0.39, 0.29) is 0 Å². The van der Waals surface area contributed by atoms with Crippen LogP contribution in [0.5, 0.6) is 0 Å². The molecular formula is C18H31N5S. The molecule has 0 aromatic carbocycles. The molecule has 1 unspecified atom stereocenters. The fourth-order valence-corrected chi connectivity index (χ4v) is 5.80. The molecular weight excluding hydrogens is 318 g/mol. The average Bonchev–Trinajstić information content (AvgIpc) is 3.31. The monoisotopic (exact) mass is 349 g/mol. The largest absolute Gasteiger partial charge is 0.299 e. The molecule has 24 heavy (non-hydrogen) atoms. The van der Waals surface area contributed by atoms with Crippen LogP contribution in [-0.4, -0.2) is 67.5 Å². The van der Waals surface area contributed by atoms with E-state index in [1.807, 2.05) is 0 Å². The summed E-state index contributed by atoms with van der Waals surface area (Å²) in [7, 11) is 0. The third-order valence-corrected chi connectivity index (χ3v) is 7.42. The molecule has 0 radical (unpaired) electrons. The van der Waals surface area contributed by atoms with Gasteiger partial charge >= 0.3 is 0 Å². The number of hydrogen-bond acceptors (Lipinski definition) is 5. The number of rotatable bonds is 4. The highest BCUT2D eigenvalue weighted by Crippen LogP contribution is 2.31. The number of thioether (sulfide) groups is 1. The van der Waals surface area contributed by atoms with E-state index in [0.29, 0.717) is 11.6 Å². The number of aromatic nitrogens is 3. The van der Waals surface area contributed by atoms with Crippen LogP contribution in [0.1, 0.15) is 57.7 Å². The van der Waals surface area contributed by atoms with Crippen molar-refractivity contribution in [3.8, 4) is 0 Å². The van der Waals surface area contributed by atoms with Gasteiger partial charge in [0.1, 0.15) is 0 Å². The highest BCUT2D eigenvalue weighted by molar-refractivity contribution is 7.99. The van der Waals surface area contributed by atoms with Crippen LogP contribution >= 0.6 is 11.8 Å². The van der Waals surface area contributed by atoms with Gasteiger partial charge in [0.25, 0.3) is 0 Å². The number of nitrogens with zero attached hydrogens (tertiary/aromatic N) is 5. The number of likely N-dealkylation sites (tertiary alicyclic amines) is 2. The summed E-state index contributed by atoms with van der Waals surface area (Å²) in [5.41, 5.74) is 1.45. The van der Waals surface area contributed by atoms with Gasteiger partial charge in [0.15, 0.2) is 0 Å². The molecule has 0 spiro atoms.